The molecule has 0 radical (unpaired) electrons. The van der Waals surface area contributed by atoms with E-state index in [1.165, 1.54) is 61.2 Å². The molecule has 0 bridgehead atoms. The zero-order valence-electron chi connectivity index (χ0n) is 21.2. The minimum absolute atomic E-state index is 0.0105. The molecule has 3 aromatic rings. The summed E-state index contributed by atoms with van der Waals surface area (Å²) < 4.78 is 61.3. The third-order valence-electron chi connectivity index (χ3n) is 6.25. The van der Waals surface area contributed by atoms with E-state index in [1.54, 1.807) is 0 Å². The number of ether oxygens (including phenoxy) is 1. The Balaban J connectivity index is 1.70. The highest BCUT2D eigenvalue weighted by Gasteiger charge is 2.32. The average Bonchev–Trinajstić information content (AvgIpc) is 3.68. The van der Waals surface area contributed by atoms with Gasteiger partial charge in [-0.1, -0.05) is 29.3 Å². The number of carbonyl (C=O) groups excluding carboxylic acids is 2. The average molecular weight is 662 g/mol. The third kappa shape index (κ3) is 6.90. The van der Waals surface area contributed by atoms with Gasteiger partial charge in [-0.3, -0.25) is 9.59 Å². The molecular formula is C28H23BrCl2F4N2O3. The highest BCUT2D eigenvalue weighted by Crippen LogP contribution is 2.40. The maximum atomic E-state index is 15.9. The molecule has 1 saturated carbocycles. The van der Waals surface area contributed by atoms with Crippen LogP contribution in [0.25, 0.3) is 0 Å². The first-order valence-corrected chi connectivity index (χ1v) is 13.7. The second-order valence-electron chi connectivity index (χ2n) is 9.76. The summed E-state index contributed by atoms with van der Waals surface area (Å²) in [5.74, 6) is -2.96. The summed E-state index contributed by atoms with van der Waals surface area (Å²) in [7, 11) is 0. The first kappa shape index (κ1) is 30.1. The monoisotopic (exact) mass is 660 g/mol. The minimum Gasteiger partial charge on any atom is -0.433 e. The number of nitrogens with one attached hydrogen (secondary N) is 1. The van der Waals surface area contributed by atoms with Gasteiger partial charge in [0.2, 0.25) is 0 Å². The lowest BCUT2D eigenvalue weighted by Gasteiger charge is -2.25. The number of amides is 2. The summed E-state index contributed by atoms with van der Waals surface area (Å²) in [5, 5.41) is 2.78. The zero-order chi connectivity index (χ0) is 29.4. The van der Waals surface area contributed by atoms with Crippen LogP contribution in [0.1, 0.15) is 53.0 Å². The van der Waals surface area contributed by atoms with Crippen molar-refractivity contribution in [3.8, 4) is 5.75 Å². The lowest BCUT2D eigenvalue weighted by Crippen LogP contribution is -2.34. The Kier molecular flexibility index (Phi) is 9.02. The fourth-order valence-corrected chi connectivity index (χ4v) is 5.01. The number of benzene rings is 3. The first-order chi connectivity index (χ1) is 18.8. The van der Waals surface area contributed by atoms with Crippen molar-refractivity contribution >= 4 is 62.3 Å². The van der Waals surface area contributed by atoms with E-state index in [0.717, 1.165) is 18.9 Å². The van der Waals surface area contributed by atoms with Crippen LogP contribution < -0.4 is 15.0 Å². The van der Waals surface area contributed by atoms with Gasteiger partial charge in [-0.15, -0.1) is 0 Å². The molecule has 0 atom stereocenters. The molecule has 1 fully saturated rings. The van der Waals surface area contributed by atoms with E-state index >= 15 is 4.39 Å². The van der Waals surface area contributed by atoms with Crippen molar-refractivity contribution in [3.05, 3.63) is 85.6 Å². The van der Waals surface area contributed by atoms with Crippen LogP contribution in [0.4, 0.5) is 28.9 Å². The molecule has 0 heterocycles. The largest absolute Gasteiger partial charge is 0.433 e. The van der Waals surface area contributed by atoms with Crippen LogP contribution in [0, 0.1) is 11.7 Å². The standard InChI is InChI=1S/C28H23BrCl2F4N2O3/c1-28(2,35)15-10-19(29)24(22(11-15)40-27(33)34)36-25(38)18-4-3-5-21(23(18)32)37(13-14-6-7-14)26(39)17-9-8-16(30)12-20(17)31/h3-5,8-12,14,27H,6-7,13H2,1-2H3,(H,36,38). The van der Waals surface area contributed by atoms with E-state index in [-0.39, 0.29) is 44.5 Å². The number of carbonyl (C=O) groups is 2. The fraction of sp³-hybridized carbons (Fsp3) is 0.286. The molecule has 5 nitrogen and oxygen atoms in total. The number of hydrogen-bond acceptors (Lipinski definition) is 3. The van der Waals surface area contributed by atoms with Gasteiger partial charge in [-0.25, -0.2) is 8.78 Å². The van der Waals surface area contributed by atoms with Crippen molar-refractivity contribution in [2.24, 2.45) is 5.92 Å². The number of rotatable bonds is 9. The third-order valence-corrected chi connectivity index (χ3v) is 7.43. The van der Waals surface area contributed by atoms with E-state index < -0.39 is 41.2 Å². The smallest absolute Gasteiger partial charge is 0.387 e. The van der Waals surface area contributed by atoms with Crippen molar-refractivity contribution in [2.75, 3.05) is 16.8 Å². The zero-order valence-corrected chi connectivity index (χ0v) is 24.3. The van der Waals surface area contributed by atoms with Crippen molar-refractivity contribution in [1.82, 2.24) is 0 Å². The number of alkyl halides is 3. The highest BCUT2D eigenvalue weighted by molar-refractivity contribution is 9.10. The Morgan fingerprint density at radius 3 is 2.42 bits per heavy atom. The van der Waals surface area contributed by atoms with E-state index in [2.05, 4.69) is 26.0 Å². The molecule has 0 saturated heterocycles. The van der Waals surface area contributed by atoms with Gasteiger partial charge in [-0.05, 0) is 96.6 Å². The molecule has 12 heteroatoms. The van der Waals surface area contributed by atoms with Gasteiger partial charge >= 0.3 is 6.61 Å². The molecule has 0 aromatic heterocycles. The maximum absolute atomic E-state index is 15.9. The fourth-order valence-electron chi connectivity index (χ4n) is 3.98. The SMILES string of the molecule is CC(C)(F)c1cc(Br)c(NC(=O)c2cccc(N(CC3CC3)C(=O)c3ccc(Cl)cc3Cl)c2F)c(OC(F)F)c1. The van der Waals surface area contributed by atoms with E-state index in [9.17, 15) is 22.8 Å². The quantitative estimate of drug-likeness (QED) is 0.233. The summed E-state index contributed by atoms with van der Waals surface area (Å²) in [6.07, 6.45) is 1.71. The van der Waals surface area contributed by atoms with Crippen LogP contribution >= 0.6 is 39.1 Å². The van der Waals surface area contributed by atoms with E-state index in [1.807, 2.05) is 0 Å². The molecule has 1 aliphatic rings. The number of hydrogen-bond donors (Lipinski definition) is 1. The molecule has 2 amide bonds. The topological polar surface area (TPSA) is 58.6 Å². The van der Waals surface area contributed by atoms with Crippen LogP contribution in [-0.4, -0.2) is 25.0 Å². The minimum atomic E-state index is -3.28. The van der Waals surface area contributed by atoms with Crippen LogP contribution in [0.15, 0.2) is 53.0 Å². The molecule has 1 aliphatic carbocycles. The Morgan fingerprint density at radius 2 is 1.82 bits per heavy atom. The van der Waals surface area contributed by atoms with Gasteiger partial charge in [0.15, 0.2) is 11.6 Å². The number of halogens is 7. The molecular weight excluding hydrogens is 639 g/mol. The van der Waals surface area contributed by atoms with Gasteiger partial charge in [0, 0.05) is 16.0 Å². The molecule has 3 aromatic carbocycles. The van der Waals surface area contributed by atoms with Gasteiger partial charge in [-0.2, -0.15) is 8.78 Å². The Labute approximate surface area is 246 Å². The summed E-state index contributed by atoms with van der Waals surface area (Å²) in [6, 6.07) is 10.6. The highest BCUT2D eigenvalue weighted by atomic mass is 79.9. The molecule has 40 heavy (non-hydrogen) atoms. The molecule has 0 spiro atoms. The number of nitrogens with zero attached hydrogens (tertiary/aromatic N) is 1. The van der Waals surface area contributed by atoms with Crippen LogP contribution in [-0.2, 0) is 5.67 Å². The summed E-state index contributed by atoms with van der Waals surface area (Å²) in [5.41, 5.74) is -2.66. The summed E-state index contributed by atoms with van der Waals surface area (Å²) in [6.45, 7) is -0.627. The predicted molar refractivity (Wildman–Crippen MR) is 150 cm³/mol. The molecule has 1 N–H and O–H groups in total. The molecule has 0 aliphatic heterocycles. The van der Waals surface area contributed by atoms with E-state index in [4.69, 9.17) is 23.2 Å². The van der Waals surface area contributed by atoms with Gasteiger partial charge < -0.3 is 15.0 Å². The van der Waals surface area contributed by atoms with Crippen LogP contribution in [0.2, 0.25) is 10.0 Å². The van der Waals surface area contributed by atoms with Gasteiger partial charge in [0.1, 0.15) is 5.67 Å². The molecule has 212 valence electrons. The summed E-state index contributed by atoms with van der Waals surface area (Å²) in [4.78, 5) is 27.9. The van der Waals surface area contributed by atoms with Crippen molar-refractivity contribution in [3.63, 3.8) is 0 Å². The first-order valence-electron chi connectivity index (χ1n) is 12.1. The lowest BCUT2D eigenvalue weighted by molar-refractivity contribution is -0.0495. The Hall–Kier alpha value is -2.82. The van der Waals surface area contributed by atoms with Gasteiger partial charge in [0.05, 0.1) is 27.5 Å². The van der Waals surface area contributed by atoms with Crippen molar-refractivity contribution in [1.29, 1.82) is 0 Å². The number of anilines is 2. The Bertz CT molecular complexity index is 1460. The van der Waals surface area contributed by atoms with Crippen LogP contribution in [0.3, 0.4) is 0 Å². The molecule has 0 unspecified atom stereocenters. The van der Waals surface area contributed by atoms with Crippen LogP contribution in [0.5, 0.6) is 5.75 Å². The van der Waals surface area contributed by atoms with E-state index in [0.29, 0.717) is 5.02 Å². The Morgan fingerprint density at radius 1 is 1.12 bits per heavy atom. The second-order valence-corrected chi connectivity index (χ2v) is 11.5. The lowest BCUT2D eigenvalue weighted by atomic mass is 9.99. The van der Waals surface area contributed by atoms with Crippen molar-refractivity contribution < 1.29 is 31.9 Å². The molecule has 4 rings (SSSR count). The second kappa shape index (κ2) is 12.0. The normalized spacial score (nSPS) is 13.3. The summed E-state index contributed by atoms with van der Waals surface area (Å²) >= 11 is 15.3. The maximum Gasteiger partial charge on any atom is 0.387 e. The predicted octanol–water partition coefficient (Wildman–Crippen LogP) is 9.01. The van der Waals surface area contributed by atoms with Gasteiger partial charge in [0.25, 0.3) is 11.8 Å². The van der Waals surface area contributed by atoms with Crippen molar-refractivity contribution in [2.45, 2.75) is 39.0 Å².